The van der Waals surface area contributed by atoms with Crippen LogP contribution in [0.25, 0.3) is 0 Å². The molecule has 0 aromatic rings. The highest BCUT2D eigenvalue weighted by atomic mass is 14.3. The molecule has 0 aromatic carbocycles. The molecule has 0 heterocycles. The molecule has 1 aliphatic rings. The zero-order valence-electron chi connectivity index (χ0n) is 8.46. The minimum Gasteiger partial charge on any atom is -0.0745 e. The smallest absolute Gasteiger partial charge is 0.00644 e. The molecule has 1 aliphatic carbocycles. The van der Waals surface area contributed by atoms with Crippen LogP contribution in [-0.2, 0) is 0 Å². The fourth-order valence-corrected chi connectivity index (χ4v) is 1.42. The quantitative estimate of drug-likeness (QED) is 0.551. The van der Waals surface area contributed by atoms with Crippen molar-refractivity contribution in [3.8, 4) is 0 Å². The second kappa shape index (κ2) is 3.30. The molecule has 0 aromatic heterocycles. The standard InChI is InChI=1S/C12H18/c1-10(2)12(4)8-6-5-7-11(3)9-12/h5-10H,1-4H3. The van der Waals surface area contributed by atoms with E-state index in [0.29, 0.717) is 5.92 Å². The second-order valence-corrected chi connectivity index (χ2v) is 4.13. The second-order valence-electron chi connectivity index (χ2n) is 4.13. The number of rotatable bonds is 1. The monoisotopic (exact) mass is 162 g/mol. The SMILES string of the molecule is CC1=CC(C)(C(C)C)C=CC=C1. The molecule has 0 heteroatoms. The van der Waals surface area contributed by atoms with E-state index in [4.69, 9.17) is 0 Å². The highest BCUT2D eigenvalue weighted by Gasteiger charge is 2.22. The molecular weight excluding hydrogens is 144 g/mol. The summed E-state index contributed by atoms with van der Waals surface area (Å²) in [6.07, 6.45) is 11.0. The Morgan fingerprint density at radius 2 is 1.92 bits per heavy atom. The van der Waals surface area contributed by atoms with Crippen molar-refractivity contribution in [2.45, 2.75) is 27.7 Å². The maximum absolute atomic E-state index is 2.34. The first-order chi connectivity index (χ1) is 5.54. The lowest BCUT2D eigenvalue weighted by molar-refractivity contribution is 0.382. The summed E-state index contributed by atoms with van der Waals surface area (Å²) in [6, 6.07) is 0. The molecule has 0 aliphatic heterocycles. The highest BCUT2D eigenvalue weighted by molar-refractivity contribution is 5.30. The molecule has 0 saturated carbocycles. The molecule has 0 spiro atoms. The average molecular weight is 162 g/mol. The van der Waals surface area contributed by atoms with Gasteiger partial charge in [-0.25, -0.2) is 0 Å². The van der Waals surface area contributed by atoms with Crippen molar-refractivity contribution in [3.05, 3.63) is 36.0 Å². The van der Waals surface area contributed by atoms with Crippen LogP contribution in [0.2, 0.25) is 0 Å². The van der Waals surface area contributed by atoms with Gasteiger partial charge in [-0.3, -0.25) is 0 Å². The van der Waals surface area contributed by atoms with E-state index in [1.165, 1.54) is 5.57 Å². The Bertz CT molecular complexity index is 241. The molecule has 0 radical (unpaired) electrons. The van der Waals surface area contributed by atoms with E-state index in [1.54, 1.807) is 0 Å². The summed E-state index contributed by atoms with van der Waals surface area (Å²) < 4.78 is 0. The molecule has 1 rings (SSSR count). The van der Waals surface area contributed by atoms with Gasteiger partial charge in [0.25, 0.3) is 0 Å². The van der Waals surface area contributed by atoms with E-state index in [-0.39, 0.29) is 5.41 Å². The largest absolute Gasteiger partial charge is 0.0745 e. The van der Waals surface area contributed by atoms with Gasteiger partial charge in [-0.15, -0.1) is 0 Å². The molecule has 0 amide bonds. The van der Waals surface area contributed by atoms with Crippen molar-refractivity contribution in [2.24, 2.45) is 11.3 Å². The summed E-state index contributed by atoms with van der Waals surface area (Å²) in [5.74, 6) is 0.656. The summed E-state index contributed by atoms with van der Waals surface area (Å²) in [7, 11) is 0. The van der Waals surface area contributed by atoms with Crippen LogP contribution in [0.1, 0.15) is 27.7 Å². The van der Waals surface area contributed by atoms with E-state index >= 15 is 0 Å². The molecule has 0 fully saturated rings. The van der Waals surface area contributed by atoms with Gasteiger partial charge >= 0.3 is 0 Å². The van der Waals surface area contributed by atoms with E-state index in [1.807, 2.05) is 0 Å². The number of allylic oxidation sites excluding steroid dienone is 6. The van der Waals surface area contributed by atoms with Crippen molar-refractivity contribution < 1.29 is 0 Å². The molecule has 12 heavy (non-hydrogen) atoms. The number of hydrogen-bond donors (Lipinski definition) is 0. The highest BCUT2D eigenvalue weighted by Crippen LogP contribution is 2.32. The minimum atomic E-state index is 0.230. The van der Waals surface area contributed by atoms with Gasteiger partial charge in [0.05, 0.1) is 0 Å². The van der Waals surface area contributed by atoms with Gasteiger partial charge in [-0.1, -0.05) is 56.7 Å². The van der Waals surface area contributed by atoms with E-state index < -0.39 is 0 Å². The Balaban J connectivity index is 2.99. The summed E-state index contributed by atoms with van der Waals surface area (Å²) in [6.45, 7) is 8.97. The fourth-order valence-electron chi connectivity index (χ4n) is 1.42. The maximum atomic E-state index is 2.34. The third-order valence-corrected chi connectivity index (χ3v) is 2.71. The molecule has 66 valence electrons. The minimum absolute atomic E-state index is 0.230. The Morgan fingerprint density at radius 3 is 2.50 bits per heavy atom. The Kier molecular flexibility index (Phi) is 2.56. The summed E-state index contributed by atoms with van der Waals surface area (Å²) in [5, 5.41) is 0. The van der Waals surface area contributed by atoms with Crippen LogP contribution >= 0.6 is 0 Å². The van der Waals surface area contributed by atoms with Gasteiger partial charge in [-0.2, -0.15) is 0 Å². The zero-order chi connectivity index (χ0) is 9.19. The molecule has 0 N–H and O–H groups in total. The van der Waals surface area contributed by atoms with Crippen molar-refractivity contribution in [3.63, 3.8) is 0 Å². The predicted octanol–water partition coefficient (Wildman–Crippen LogP) is 3.72. The van der Waals surface area contributed by atoms with E-state index in [0.717, 1.165) is 0 Å². The lowest BCUT2D eigenvalue weighted by Crippen LogP contribution is -2.17. The molecule has 0 nitrogen and oxygen atoms in total. The first kappa shape index (κ1) is 9.31. The zero-order valence-corrected chi connectivity index (χ0v) is 8.46. The molecular formula is C12H18. The maximum Gasteiger partial charge on any atom is 0.00644 e. The van der Waals surface area contributed by atoms with Crippen LogP contribution in [0.5, 0.6) is 0 Å². The van der Waals surface area contributed by atoms with Crippen LogP contribution in [0, 0.1) is 11.3 Å². The first-order valence-electron chi connectivity index (χ1n) is 4.60. The van der Waals surface area contributed by atoms with Gasteiger partial charge in [0.15, 0.2) is 0 Å². The van der Waals surface area contributed by atoms with Gasteiger partial charge in [0, 0.05) is 5.41 Å². The molecule has 1 unspecified atom stereocenters. The van der Waals surface area contributed by atoms with Crippen molar-refractivity contribution in [1.29, 1.82) is 0 Å². The predicted molar refractivity (Wildman–Crippen MR) is 55.0 cm³/mol. The summed E-state index contributed by atoms with van der Waals surface area (Å²) in [4.78, 5) is 0. The van der Waals surface area contributed by atoms with E-state index in [9.17, 15) is 0 Å². The molecule has 0 bridgehead atoms. The Labute approximate surface area is 75.7 Å². The molecule has 1 atom stereocenters. The topological polar surface area (TPSA) is 0 Å². The average Bonchev–Trinajstić information content (AvgIpc) is 2.12. The van der Waals surface area contributed by atoms with Crippen molar-refractivity contribution in [2.75, 3.05) is 0 Å². The lowest BCUT2D eigenvalue weighted by Gasteiger charge is -2.26. The van der Waals surface area contributed by atoms with Gasteiger partial charge in [0.1, 0.15) is 0 Å². The van der Waals surface area contributed by atoms with E-state index in [2.05, 4.69) is 58.1 Å². The van der Waals surface area contributed by atoms with Crippen LogP contribution in [0.4, 0.5) is 0 Å². The van der Waals surface area contributed by atoms with Crippen molar-refractivity contribution >= 4 is 0 Å². The van der Waals surface area contributed by atoms with Crippen LogP contribution < -0.4 is 0 Å². The molecule has 0 saturated heterocycles. The Morgan fingerprint density at radius 1 is 1.25 bits per heavy atom. The van der Waals surface area contributed by atoms with Crippen LogP contribution in [0.3, 0.4) is 0 Å². The van der Waals surface area contributed by atoms with Gasteiger partial charge in [-0.05, 0) is 12.8 Å². The van der Waals surface area contributed by atoms with Crippen LogP contribution in [-0.4, -0.2) is 0 Å². The van der Waals surface area contributed by atoms with Gasteiger partial charge < -0.3 is 0 Å². The summed E-state index contributed by atoms with van der Waals surface area (Å²) in [5.41, 5.74) is 1.59. The van der Waals surface area contributed by atoms with Crippen LogP contribution in [0.15, 0.2) is 36.0 Å². The third kappa shape index (κ3) is 1.88. The number of hydrogen-bond acceptors (Lipinski definition) is 0. The third-order valence-electron chi connectivity index (χ3n) is 2.71. The van der Waals surface area contributed by atoms with Gasteiger partial charge in [0.2, 0.25) is 0 Å². The fraction of sp³-hybridized carbons (Fsp3) is 0.500. The Hall–Kier alpha value is -0.780. The summed E-state index contributed by atoms with van der Waals surface area (Å²) >= 11 is 0. The first-order valence-corrected chi connectivity index (χ1v) is 4.60. The normalized spacial score (nSPS) is 28.9. The lowest BCUT2D eigenvalue weighted by atomic mass is 9.78. The van der Waals surface area contributed by atoms with Crippen molar-refractivity contribution in [1.82, 2.24) is 0 Å².